The highest BCUT2D eigenvalue weighted by Gasteiger charge is 2.16. The predicted octanol–water partition coefficient (Wildman–Crippen LogP) is 2.87. The molecule has 104 valence electrons. The summed E-state index contributed by atoms with van der Waals surface area (Å²) in [7, 11) is 1.70. The lowest BCUT2D eigenvalue weighted by atomic mass is 10.1. The van der Waals surface area contributed by atoms with Crippen molar-refractivity contribution in [3.05, 3.63) is 65.0 Å². The molecule has 2 aromatic carbocycles. The molecule has 0 aliphatic carbocycles. The second-order valence-electron chi connectivity index (χ2n) is 4.70. The largest absolute Gasteiger partial charge is 0.326 e. The summed E-state index contributed by atoms with van der Waals surface area (Å²) in [4.78, 5) is 14.0. The van der Waals surface area contributed by atoms with Crippen LogP contribution in [-0.4, -0.2) is 13.0 Å². The van der Waals surface area contributed by atoms with E-state index in [1.54, 1.807) is 18.9 Å². The van der Waals surface area contributed by atoms with Crippen LogP contribution >= 0.6 is 0 Å². The Morgan fingerprint density at radius 1 is 1.25 bits per heavy atom. The van der Waals surface area contributed by atoms with E-state index < -0.39 is 0 Å². The molecule has 0 heterocycles. The van der Waals surface area contributed by atoms with Crippen molar-refractivity contribution in [3.8, 4) is 0 Å². The highest BCUT2D eigenvalue weighted by Crippen LogP contribution is 2.19. The van der Waals surface area contributed by atoms with E-state index in [0.29, 0.717) is 17.7 Å². The second-order valence-corrected chi connectivity index (χ2v) is 4.70. The highest BCUT2D eigenvalue weighted by atomic mass is 19.1. The Hall–Kier alpha value is -2.20. The predicted molar refractivity (Wildman–Crippen MR) is 78.2 cm³/mol. The van der Waals surface area contributed by atoms with Crippen LogP contribution < -0.4 is 10.6 Å². The molecule has 2 aromatic rings. The minimum Gasteiger partial charge on any atom is -0.326 e. The number of hydrogen-bond donors (Lipinski definition) is 1. The minimum absolute atomic E-state index is 0.170. The van der Waals surface area contributed by atoms with Gasteiger partial charge in [0, 0.05) is 24.8 Å². The quantitative estimate of drug-likeness (QED) is 0.934. The van der Waals surface area contributed by atoms with Crippen LogP contribution in [0.25, 0.3) is 0 Å². The molecule has 2 N–H and O–H groups in total. The Morgan fingerprint density at radius 2 is 2.00 bits per heavy atom. The zero-order valence-corrected chi connectivity index (χ0v) is 11.6. The molecule has 2 rings (SSSR count). The number of halogens is 1. The summed E-state index contributed by atoms with van der Waals surface area (Å²) >= 11 is 0. The topological polar surface area (TPSA) is 46.3 Å². The first kappa shape index (κ1) is 14.2. The van der Waals surface area contributed by atoms with E-state index in [4.69, 9.17) is 5.73 Å². The van der Waals surface area contributed by atoms with Gasteiger partial charge in [0.1, 0.15) is 5.82 Å². The molecule has 0 saturated carbocycles. The molecule has 0 bridgehead atoms. The number of aryl methyl sites for hydroxylation is 1. The van der Waals surface area contributed by atoms with Crippen LogP contribution in [0.5, 0.6) is 0 Å². The van der Waals surface area contributed by atoms with E-state index in [0.717, 1.165) is 11.3 Å². The average molecular weight is 272 g/mol. The third kappa shape index (κ3) is 2.86. The summed E-state index contributed by atoms with van der Waals surface area (Å²) in [6.45, 7) is 2.14. The van der Waals surface area contributed by atoms with Crippen LogP contribution in [0.4, 0.5) is 10.1 Å². The third-order valence-electron chi connectivity index (χ3n) is 3.26. The molecule has 0 aliphatic rings. The normalized spacial score (nSPS) is 10.4. The molecule has 0 saturated heterocycles. The fourth-order valence-corrected chi connectivity index (χ4v) is 2.06. The van der Waals surface area contributed by atoms with Gasteiger partial charge in [-0.2, -0.15) is 0 Å². The molecule has 0 aromatic heterocycles. The van der Waals surface area contributed by atoms with Crippen LogP contribution in [0.2, 0.25) is 0 Å². The maximum Gasteiger partial charge on any atom is 0.258 e. The summed E-state index contributed by atoms with van der Waals surface area (Å²) in [5.74, 6) is -0.511. The molecular weight excluding hydrogens is 255 g/mol. The van der Waals surface area contributed by atoms with Crippen LogP contribution in [-0.2, 0) is 6.54 Å². The number of nitrogens with two attached hydrogens (primary N) is 1. The fourth-order valence-electron chi connectivity index (χ4n) is 2.06. The van der Waals surface area contributed by atoms with Crippen LogP contribution in [0, 0.1) is 12.7 Å². The number of anilines is 1. The molecule has 0 unspecified atom stereocenters. The zero-order chi connectivity index (χ0) is 14.7. The summed E-state index contributed by atoms with van der Waals surface area (Å²) in [6, 6.07) is 11.6. The van der Waals surface area contributed by atoms with E-state index >= 15 is 0 Å². The van der Waals surface area contributed by atoms with E-state index in [1.807, 2.05) is 24.3 Å². The lowest BCUT2D eigenvalue weighted by molar-refractivity contribution is 0.0992. The Kier molecular flexibility index (Phi) is 4.15. The number of rotatable bonds is 3. The molecule has 0 radical (unpaired) electrons. The number of carbonyl (C=O) groups excluding carboxylic acids is 1. The van der Waals surface area contributed by atoms with Gasteiger partial charge >= 0.3 is 0 Å². The number of benzene rings is 2. The van der Waals surface area contributed by atoms with Gasteiger partial charge in [-0.3, -0.25) is 4.79 Å². The fraction of sp³-hybridized carbons (Fsp3) is 0.188. The van der Waals surface area contributed by atoms with Crippen molar-refractivity contribution in [2.24, 2.45) is 5.73 Å². The van der Waals surface area contributed by atoms with Crippen LogP contribution in [0.15, 0.2) is 42.5 Å². The Balaban J connectivity index is 2.32. The van der Waals surface area contributed by atoms with Gasteiger partial charge in [0.05, 0.1) is 0 Å². The van der Waals surface area contributed by atoms with Gasteiger partial charge in [0.25, 0.3) is 5.91 Å². The van der Waals surface area contributed by atoms with Crippen molar-refractivity contribution in [2.45, 2.75) is 13.5 Å². The molecule has 4 heteroatoms. The molecular formula is C16H17FN2O. The first-order valence-corrected chi connectivity index (χ1v) is 6.36. The summed E-state index contributed by atoms with van der Waals surface area (Å²) in [6.07, 6.45) is 0. The molecule has 0 fully saturated rings. The Morgan fingerprint density at radius 3 is 2.65 bits per heavy atom. The van der Waals surface area contributed by atoms with Crippen molar-refractivity contribution in [3.63, 3.8) is 0 Å². The zero-order valence-electron chi connectivity index (χ0n) is 11.6. The van der Waals surface area contributed by atoms with E-state index in [9.17, 15) is 9.18 Å². The second kappa shape index (κ2) is 5.84. The van der Waals surface area contributed by atoms with Gasteiger partial charge < -0.3 is 10.6 Å². The molecule has 20 heavy (non-hydrogen) atoms. The number of hydrogen-bond acceptors (Lipinski definition) is 2. The SMILES string of the molecule is Cc1cc(F)ccc1C(=O)N(C)c1cccc(CN)c1. The maximum atomic E-state index is 13.1. The number of carbonyl (C=O) groups is 1. The van der Waals surface area contributed by atoms with Crippen molar-refractivity contribution >= 4 is 11.6 Å². The van der Waals surface area contributed by atoms with Crippen molar-refractivity contribution < 1.29 is 9.18 Å². The summed E-state index contributed by atoms with van der Waals surface area (Å²) in [5, 5.41) is 0. The van der Waals surface area contributed by atoms with Gasteiger partial charge in [-0.05, 0) is 48.4 Å². The van der Waals surface area contributed by atoms with Crippen LogP contribution in [0.3, 0.4) is 0 Å². The summed E-state index contributed by atoms with van der Waals surface area (Å²) in [5.41, 5.74) is 8.44. The van der Waals surface area contributed by atoms with Crippen molar-refractivity contribution in [1.29, 1.82) is 0 Å². The maximum absolute atomic E-state index is 13.1. The Labute approximate surface area is 117 Å². The van der Waals surface area contributed by atoms with E-state index in [1.165, 1.54) is 18.2 Å². The first-order valence-electron chi connectivity index (χ1n) is 6.36. The smallest absolute Gasteiger partial charge is 0.258 e. The molecule has 0 aliphatic heterocycles. The van der Waals surface area contributed by atoms with Gasteiger partial charge in [0.2, 0.25) is 0 Å². The van der Waals surface area contributed by atoms with Crippen molar-refractivity contribution in [2.75, 3.05) is 11.9 Å². The van der Waals surface area contributed by atoms with Gasteiger partial charge in [-0.15, -0.1) is 0 Å². The van der Waals surface area contributed by atoms with Crippen LogP contribution in [0.1, 0.15) is 21.5 Å². The van der Waals surface area contributed by atoms with Gasteiger partial charge in [0.15, 0.2) is 0 Å². The highest BCUT2D eigenvalue weighted by molar-refractivity contribution is 6.06. The van der Waals surface area contributed by atoms with E-state index in [-0.39, 0.29) is 11.7 Å². The average Bonchev–Trinajstić information content (AvgIpc) is 2.46. The van der Waals surface area contributed by atoms with Crippen molar-refractivity contribution in [1.82, 2.24) is 0 Å². The lowest BCUT2D eigenvalue weighted by Gasteiger charge is -2.19. The third-order valence-corrected chi connectivity index (χ3v) is 3.26. The van der Waals surface area contributed by atoms with E-state index in [2.05, 4.69) is 0 Å². The lowest BCUT2D eigenvalue weighted by Crippen LogP contribution is -2.27. The van der Waals surface area contributed by atoms with Gasteiger partial charge in [-0.1, -0.05) is 12.1 Å². The molecule has 0 atom stereocenters. The summed E-state index contributed by atoms with van der Waals surface area (Å²) < 4.78 is 13.1. The molecule has 3 nitrogen and oxygen atoms in total. The van der Waals surface area contributed by atoms with Gasteiger partial charge in [-0.25, -0.2) is 4.39 Å². The monoisotopic (exact) mass is 272 g/mol. The Bertz CT molecular complexity index is 640. The first-order chi connectivity index (χ1) is 9.52. The minimum atomic E-state index is -0.341. The molecule has 0 spiro atoms. The standard InChI is InChI=1S/C16H17FN2O/c1-11-8-13(17)6-7-15(11)16(20)19(2)14-5-3-4-12(9-14)10-18/h3-9H,10,18H2,1-2H3. The number of amides is 1. The number of nitrogens with zero attached hydrogens (tertiary/aromatic N) is 1. The molecule has 1 amide bonds.